The fraction of sp³-hybridized carbons (Fsp3) is 0.286. The summed E-state index contributed by atoms with van der Waals surface area (Å²) < 4.78 is 10.5. The van der Waals surface area contributed by atoms with Crippen LogP contribution in [0, 0.1) is 5.92 Å². The van der Waals surface area contributed by atoms with Crippen LogP contribution in [0.2, 0.25) is 5.02 Å². The molecular formula is C21H20ClN3O5. The Morgan fingerprint density at radius 3 is 2.70 bits per heavy atom. The molecule has 2 heterocycles. The summed E-state index contributed by atoms with van der Waals surface area (Å²) in [5.41, 5.74) is 1.13. The van der Waals surface area contributed by atoms with Crippen LogP contribution in [0.5, 0.6) is 11.5 Å². The third kappa shape index (κ3) is 4.33. The van der Waals surface area contributed by atoms with Crippen LogP contribution in [0.25, 0.3) is 0 Å². The highest BCUT2D eigenvalue weighted by molar-refractivity contribution is 6.31. The Morgan fingerprint density at radius 2 is 1.87 bits per heavy atom. The average molecular weight is 430 g/mol. The van der Waals surface area contributed by atoms with Crippen molar-refractivity contribution in [2.75, 3.05) is 31.3 Å². The molecule has 30 heavy (non-hydrogen) atoms. The lowest BCUT2D eigenvalue weighted by atomic mass is 10.1. The van der Waals surface area contributed by atoms with E-state index in [1.165, 1.54) is 0 Å². The number of anilines is 1. The molecule has 1 fully saturated rings. The SMILES string of the molecule is O=C(NCCNC(=O)[C@@H]1CC(=O)N(c2cccc(Cl)c2)C1)c1ccc2c(c1)OCO2. The predicted molar refractivity (Wildman–Crippen MR) is 110 cm³/mol. The van der Waals surface area contributed by atoms with E-state index in [-0.39, 0.29) is 44.0 Å². The molecule has 8 nitrogen and oxygen atoms in total. The van der Waals surface area contributed by atoms with E-state index < -0.39 is 5.92 Å². The second kappa shape index (κ2) is 8.62. The number of ether oxygens (including phenoxy) is 2. The summed E-state index contributed by atoms with van der Waals surface area (Å²) in [5, 5.41) is 6.05. The third-order valence-corrected chi connectivity index (χ3v) is 5.20. The molecule has 0 saturated carbocycles. The fourth-order valence-electron chi connectivity index (χ4n) is 3.42. The van der Waals surface area contributed by atoms with Gasteiger partial charge in [0, 0.05) is 42.3 Å². The van der Waals surface area contributed by atoms with Crippen LogP contribution in [0.15, 0.2) is 42.5 Å². The maximum atomic E-state index is 12.4. The number of fused-ring (bicyclic) bond motifs is 1. The van der Waals surface area contributed by atoms with Gasteiger partial charge in [0.05, 0.1) is 5.92 Å². The van der Waals surface area contributed by atoms with Crippen LogP contribution in [0.1, 0.15) is 16.8 Å². The molecule has 2 aliphatic rings. The van der Waals surface area contributed by atoms with E-state index in [1.807, 2.05) is 0 Å². The van der Waals surface area contributed by atoms with E-state index in [4.69, 9.17) is 21.1 Å². The standard InChI is InChI=1S/C21H20ClN3O5/c22-15-2-1-3-16(10-15)25-11-14(9-19(25)26)21(28)24-7-6-23-20(27)13-4-5-17-18(8-13)30-12-29-17/h1-5,8,10,14H,6-7,9,11-12H2,(H,23,27)(H,24,28)/t14-/m1/s1. The second-order valence-electron chi connectivity index (χ2n) is 7.00. The molecule has 2 N–H and O–H groups in total. The van der Waals surface area contributed by atoms with Crippen LogP contribution < -0.4 is 25.0 Å². The topological polar surface area (TPSA) is 97.0 Å². The molecule has 3 amide bonds. The Labute approximate surface area is 178 Å². The largest absolute Gasteiger partial charge is 0.454 e. The zero-order valence-corrected chi connectivity index (χ0v) is 16.8. The Bertz CT molecular complexity index is 996. The highest BCUT2D eigenvalue weighted by Gasteiger charge is 2.35. The van der Waals surface area contributed by atoms with Gasteiger partial charge in [0.25, 0.3) is 5.91 Å². The van der Waals surface area contributed by atoms with E-state index in [1.54, 1.807) is 47.4 Å². The maximum Gasteiger partial charge on any atom is 0.251 e. The molecule has 1 saturated heterocycles. The number of amides is 3. The summed E-state index contributed by atoms with van der Waals surface area (Å²) in [6, 6.07) is 11.9. The zero-order chi connectivity index (χ0) is 21.1. The lowest BCUT2D eigenvalue weighted by molar-refractivity contribution is -0.126. The van der Waals surface area contributed by atoms with Crippen molar-refractivity contribution in [1.29, 1.82) is 0 Å². The first-order chi connectivity index (χ1) is 14.5. The van der Waals surface area contributed by atoms with Gasteiger partial charge in [-0.05, 0) is 36.4 Å². The Morgan fingerprint density at radius 1 is 1.07 bits per heavy atom. The van der Waals surface area contributed by atoms with E-state index in [2.05, 4.69) is 10.6 Å². The van der Waals surface area contributed by atoms with Crippen LogP contribution in [0.4, 0.5) is 5.69 Å². The smallest absolute Gasteiger partial charge is 0.251 e. The van der Waals surface area contributed by atoms with Gasteiger partial charge in [0.15, 0.2) is 11.5 Å². The van der Waals surface area contributed by atoms with Crippen molar-refractivity contribution in [3.05, 3.63) is 53.1 Å². The van der Waals surface area contributed by atoms with Crippen LogP contribution >= 0.6 is 11.6 Å². The molecule has 1 atom stereocenters. The quantitative estimate of drug-likeness (QED) is 0.684. The summed E-state index contributed by atoms with van der Waals surface area (Å²) in [6.45, 7) is 0.966. The van der Waals surface area contributed by atoms with Gasteiger partial charge in [0.2, 0.25) is 18.6 Å². The van der Waals surface area contributed by atoms with E-state index in [9.17, 15) is 14.4 Å². The molecule has 156 valence electrons. The van der Waals surface area contributed by atoms with Crippen LogP contribution in [-0.2, 0) is 9.59 Å². The van der Waals surface area contributed by atoms with Crippen molar-refractivity contribution in [1.82, 2.24) is 10.6 Å². The number of carbonyl (C=O) groups excluding carboxylic acids is 3. The first kappa shape index (κ1) is 20.0. The first-order valence-electron chi connectivity index (χ1n) is 9.53. The lowest BCUT2D eigenvalue weighted by Crippen LogP contribution is -2.38. The molecule has 9 heteroatoms. The highest BCUT2D eigenvalue weighted by Crippen LogP contribution is 2.32. The number of hydrogen-bond donors (Lipinski definition) is 2. The molecule has 4 rings (SSSR count). The molecule has 0 bridgehead atoms. The summed E-state index contributed by atoms with van der Waals surface area (Å²) in [7, 11) is 0. The Kier molecular flexibility index (Phi) is 5.76. The molecule has 0 aliphatic carbocycles. The fourth-order valence-corrected chi connectivity index (χ4v) is 3.61. The predicted octanol–water partition coefficient (Wildman–Crippen LogP) is 1.97. The minimum absolute atomic E-state index is 0.117. The van der Waals surface area contributed by atoms with Gasteiger partial charge >= 0.3 is 0 Å². The second-order valence-corrected chi connectivity index (χ2v) is 7.44. The minimum atomic E-state index is -0.443. The van der Waals surface area contributed by atoms with Gasteiger partial charge < -0.3 is 25.0 Å². The summed E-state index contributed by atoms with van der Waals surface area (Å²) >= 11 is 5.99. The number of hydrogen-bond acceptors (Lipinski definition) is 5. The van der Waals surface area contributed by atoms with Crippen molar-refractivity contribution in [2.45, 2.75) is 6.42 Å². The zero-order valence-electron chi connectivity index (χ0n) is 16.0. The van der Waals surface area contributed by atoms with Crippen LogP contribution in [-0.4, -0.2) is 44.1 Å². The molecule has 0 spiro atoms. The third-order valence-electron chi connectivity index (χ3n) is 4.96. The van der Waals surface area contributed by atoms with Crippen molar-refractivity contribution in [3.8, 4) is 11.5 Å². The van der Waals surface area contributed by atoms with E-state index in [0.29, 0.717) is 34.3 Å². The van der Waals surface area contributed by atoms with Crippen molar-refractivity contribution < 1.29 is 23.9 Å². The van der Waals surface area contributed by atoms with Crippen LogP contribution in [0.3, 0.4) is 0 Å². The van der Waals surface area contributed by atoms with Gasteiger partial charge in [-0.2, -0.15) is 0 Å². The van der Waals surface area contributed by atoms with Crippen molar-refractivity contribution in [2.24, 2.45) is 5.92 Å². The molecule has 0 aromatic heterocycles. The molecule has 0 radical (unpaired) electrons. The Balaban J connectivity index is 1.23. The molecule has 2 aromatic carbocycles. The highest BCUT2D eigenvalue weighted by atomic mass is 35.5. The van der Waals surface area contributed by atoms with E-state index in [0.717, 1.165) is 0 Å². The number of rotatable bonds is 6. The first-order valence-corrected chi connectivity index (χ1v) is 9.90. The lowest BCUT2D eigenvalue weighted by Gasteiger charge is -2.17. The van der Waals surface area contributed by atoms with Gasteiger partial charge in [-0.15, -0.1) is 0 Å². The summed E-state index contributed by atoms with van der Waals surface area (Å²) in [6.07, 6.45) is 0.141. The van der Waals surface area contributed by atoms with E-state index >= 15 is 0 Å². The van der Waals surface area contributed by atoms with Gasteiger partial charge in [0.1, 0.15) is 0 Å². The number of carbonyl (C=O) groups is 3. The minimum Gasteiger partial charge on any atom is -0.454 e. The molecular weight excluding hydrogens is 410 g/mol. The molecule has 0 unspecified atom stereocenters. The van der Waals surface area contributed by atoms with Crippen molar-refractivity contribution >= 4 is 35.0 Å². The number of nitrogens with one attached hydrogen (secondary N) is 2. The normalized spacial score (nSPS) is 17.2. The molecule has 2 aliphatic heterocycles. The van der Waals surface area contributed by atoms with Gasteiger partial charge in [-0.1, -0.05) is 17.7 Å². The number of halogens is 1. The monoisotopic (exact) mass is 429 g/mol. The average Bonchev–Trinajstić information content (AvgIpc) is 3.36. The number of benzene rings is 2. The van der Waals surface area contributed by atoms with Gasteiger partial charge in [-0.25, -0.2) is 0 Å². The van der Waals surface area contributed by atoms with Crippen molar-refractivity contribution in [3.63, 3.8) is 0 Å². The Hall–Kier alpha value is -3.26. The summed E-state index contributed by atoms with van der Waals surface area (Å²) in [4.78, 5) is 38.5. The number of nitrogens with zero attached hydrogens (tertiary/aromatic N) is 1. The maximum absolute atomic E-state index is 12.4. The molecule has 2 aromatic rings. The van der Waals surface area contributed by atoms with Gasteiger partial charge in [-0.3, -0.25) is 14.4 Å². The summed E-state index contributed by atoms with van der Waals surface area (Å²) in [5.74, 6) is 0.0911.